The number of nitrogens with zero attached hydrogens (tertiary/aromatic N) is 2. The number of hydrogen-bond acceptors (Lipinski definition) is 3. The van der Waals surface area contributed by atoms with Gasteiger partial charge in [0.2, 0.25) is 5.91 Å². The normalized spacial score (nSPS) is 10.5. The van der Waals surface area contributed by atoms with Gasteiger partial charge in [-0.15, -0.1) is 11.3 Å². The highest BCUT2D eigenvalue weighted by molar-refractivity contribution is 7.09. The van der Waals surface area contributed by atoms with Crippen molar-refractivity contribution < 1.29 is 4.79 Å². The van der Waals surface area contributed by atoms with Crippen molar-refractivity contribution in [2.45, 2.75) is 19.3 Å². The predicted molar refractivity (Wildman–Crippen MR) is 72.6 cm³/mol. The average molecular weight is 263 g/mol. The third-order valence-electron chi connectivity index (χ3n) is 2.80. The summed E-state index contributed by atoms with van der Waals surface area (Å²) in [7, 11) is 2.00. The van der Waals surface area contributed by atoms with Crippen LogP contribution >= 0.6 is 11.3 Å². The lowest BCUT2D eigenvalue weighted by molar-refractivity contribution is -0.121. The lowest BCUT2D eigenvalue weighted by Crippen LogP contribution is -2.26. The Labute approximate surface area is 111 Å². The maximum atomic E-state index is 11.6. The van der Waals surface area contributed by atoms with E-state index in [-0.39, 0.29) is 5.91 Å². The zero-order valence-electron chi connectivity index (χ0n) is 10.4. The second-order valence-electron chi connectivity index (χ2n) is 4.14. The molecule has 2 rings (SSSR count). The van der Waals surface area contributed by atoms with Crippen molar-refractivity contribution in [1.82, 2.24) is 14.9 Å². The van der Waals surface area contributed by atoms with E-state index in [0.29, 0.717) is 13.0 Å². The molecule has 1 N–H and O–H groups in total. The summed E-state index contributed by atoms with van der Waals surface area (Å²) < 4.78 is 2.04. The first-order valence-electron chi connectivity index (χ1n) is 6.01. The summed E-state index contributed by atoms with van der Waals surface area (Å²) in [6.45, 7) is 0.666. The van der Waals surface area contributed by atoms with Gasteiger partial charge in [-0.2, -0.15) is 0 Å². The lowest BCUT2D eigenvalue weighted by Gasteiger charge is -2.05. The number of aryl methyl sites for hydroxylation is 2. The van der Waals surface area contributed by atoms with E-state index in [1.54, 1.807) is 17.5 Å². The van der Waals surface area contributed by atoms with Crippen molar-refractivity contribution in [2.75, 3.05) is 6.54 Å². The van der Waals surface area contributed by atoms with Crippen molar-refractivity contribution in [2.24, 2.45) is 7.05 Å². The van der Waals surface area contributed by atoms with Crippen LogP contribution in [0.1, 0.15) is 17.1 Å². The van der Waals surface area contributed by atoms with Gasteiger partial charge in [0.25, 0.3) is 0 Å². The molecule has 1 amide bonds. The zero-order valence-corrected chi connectivity index (χ0v) is 11.2. The fourth-order valence-corrected chi connectivity index (χ4v) is 2.39. The molecule has 0 aliphatic carbocycles. The Hall–Kier alpha value is -1.62. The first kappa shape index (κ1) is 12.8. The van der Waals surface area contributed by atoms with Crippen LogP contribution in [-0.4, -0.2) is 22.0 Å². The molecule has 4 nitrogen and oxygen atoms in total. The van der Waals surface area contributed by atoms with Gasteiger partial charge in [0.05, 0.1) is 5.01 Å². The van der Waals surface area contributed by atoms with E-state index in [0.717, 1.165) is 17.8 Å². The van der Waals surface area contributed by atoms with Crippen LogP contribution in [0.3, 0.4) is 0 Å². The Kier molecular flexibility index (Phi) is 4.52. The fraction of sp³-hybridized carbons (Fsp3) is 0.385. The van der Waals surface area contributed by atoms with E-state index in [9.17, 15) is 4.79 Å². The van der Waals surface area contributed by atoms with Crippen LogP contribution in [0, 0.1) is 0 Å². The van der Waals surface area contributed by atoms with E-state index in [1.165, 1.54) is 5.69 Å². The molecule has 0 fully saturated rings. The van der Waals surface area contributed by atoms with Crippen molar-refractivity contribution >= 4 is 17.2 Å². The van der Waals surface area contributed by atoms with Crippen LogP contribution in [0.4, 0.5) is 0 Å². The van der Waals surface area contributed by atoms with E-state index in [1.807, 2.05) is 35.3 Å². The summed E-state index contributed by atoms with van der Waals surface area (Å²) >= 11 is 1.62. The van der Waals surface area contributed by atoms with Crippen LogP contribution < -0.4 is 5.32 Å². The smallest absolute Gasteiger partial charge is 0.220 e. The summed E-state index contributed by atoms with van der Waals surface area (Å²) in [5.41, 5.74) is 1.19. The summed E-state index contributed by atoms with van der Waals surface area (Å²) in [4.78, 5) is 15.8. The van der Waals surface area contributed by atoms with E-state index >= 15 is 0 Å². The van der Waals surface area contributed by atoms with Gasteiger partial charge < -0.3 is 9.88 Å². The molecule has 96 valence electrons. The third-order valence-corrected chi connectivity index (χ3v) is 3.64. The SMILES string of the molecule is Cn1cccc1CCC(=O)NCCc1nccs1. The van der Waals surface area contributed by atoms with Gasteiger partial charge in [0.15, 0.2) is 0 Å². The number of rotatable bonds is 6. The van der Waals surface area contributed by atoms with Crippen LogP contribution in [0.5, 0.6) is 0 Å². The zero-order chi connectivity index (χ0) is 12.8. The topological polar surface area (TPSA) is 46.9 Å². The molecule has 0 aliphatic rings. The Morgan fingerprint density at radius 1 is 1.50 bits per heavy atom. The van der Waals surface area contributed by atoms with Gasteiger partial charge in [-0.05, 0) is 18.6 Å². The van der Waals surface area contributed by atoms with Gasteiger partial charge in [-0.3, -0.25) is 4.79 Å². The molecule has 0 aliphatic heterocycles. The number of carbonyl (C=O) groups excluding carboxylic acids is 1. The number of aromatic nitrogens is 2. The van der Waals surface area contributed by atoms with Gasteiger partial charge in [0.1, 0.15) is 0 Å². The number of carbonyl (C=O) groups is 1. The molecule has 2 aromatic rings. The van der Waals surface area contributed by atoms with Gasteiger partial charge >= 0.3 is 0 Å². The maximum Gasteiger partial charge on any atom is 0.220 e. The lowest BCUT2D eigenvalue weighted by atomic mass is 10.2. The summed E-state index contributed by atoms with van der Waals surface area (Å²) in [5.74, 6) is 0.104. The molecule has 0 aromatic carbocycles. The molecule has 0 radical (unpaired) electrons. The highest BCUT2D eigenvalue weighted by Gasteiger charge is 2.04. The highest BCUT2D eigenvalue weighted by Crippen LogP contribution is 2.04. The standard InChI is InChI=1S/C13H17N3OS/c1-16-9-2-3-11(16)4-5-12(17)14-7-6-13-15-8-10-18-13/h2-3,8-10H,4-7H2,1H3,(H,14,17). The molecule has 18 heavy (non-hydrogen) atoms. The molecule has 0 saturated carbocycles. The van der Waals surface area contributed by atoms with Crippen molar-refractivity contribution in [1.29, 1.82) is 0 Å². The molecule has 0 spiro atoms. The first-order valence-corrected chi connectivity index (χ1v) is 6.89. The molecule has 0 bridgehead atoms. The highest BCUT2D eigenvalue weighted by atomic mass is 32.1. The van der Waals surface area contributed by atoms with E-state index in [2.05, 4.69) is 10.3 Å². The Morgan fingerprint density at radius 2 is 2.39 bits per heavy atom. The predicted octanol–water partition coefficient (Wildman–Crippen LogP) is 1.77. The Bertz CT molecular complexity index is 490. The summed E-state index contributed by atoms with van der Waals surface area (Å²) in [6.07, 6.45) is 5.92. The summed E-state index contributed by atoms with van der Waals surface area (Å²) in [5, 5.41) is 5.94. The molecule has 0 unspecified atom stereocenters. The summed E-state index contributed by atoms with van der Waals surface area (Å²) in [6, 6.07) is 4.04. The number of amides is 1. The van der Waals surface area contributed by atoms with Gasteiger partial charge in [-0.1, -0.05) is 0 Å². The minimum atomic E-state index is 0.104. The third kappa shape index (κ3) is 3.70. The average Bonchev–Trinajstić information content (AvgIpc) is 2.98. The van der Waals surface area contributed by atoms with Crippen molar-refractivity contribution in [3.63, 3.8) is 0 Å². The molecule has 2 heterocycles. The molecular weight excluding hydrogens is 246 g/mol. The minimum Gasteiger partial charge on any atom is -0.356 e. The van der Waals surface area contributed by atoms with Crippen LogP contribution in [-0.2, 0) is 24.7 Å². The quantitative estimate of drug-likeness (QED) is 0.863. The monoisotopic (exact) mass is 263 g/mol. The van der Waals surface area contributed by atoms with Crippen LogP contribution in [0.15, 0.2) is 29.9 Å². The van der Waals surface area contributed by atoms with Gasteiger partial charge in [0, 0.05) is 49.9 Å². The van der Waals surface area contributed by atoms with Crippen LogP contribution in [0.25, 0.3) is 0 Å². The molecular formula is C13H17N3OS. The first-order chi connectivity index (χ1) is 8.75. The molecule has 2 aromatic heterocycles. The second kappa shape index (κ2) is 6.35. The maximum absolute atomic E-state index is 11.6. The van der Waals surface area contributed by atoms with Crippen LogP contribution in [0.2, 0.25) is 0 Å². The number of hydrogen-bond donors (Lipinski definition) is 1. The largest absolute Gasteiger partial charge is 0.356 e. The minimum absolute atomic E-state index is 0.104. The molecule has 0 saturated heterocycles. The molecule has 0 atom stereocenters. The van der Waals surface area contributed by atoms with Crippen molar-refractivity contribution in [3.05, 3.63) is 40.6 Å². The van der Waals surface area contributed by atoms with Gasteiger partial charge in [-0.25, -0.2) is 4.98 Å². The van der Waals surface area contributed by atoms with E-state index in [4.69, 9.17) is 0 Å². The van der Waals surface area contributed by atoms with E-state index < -0.39 is 0 Å². The molecule has 5 heteroatoms. The Balaban J connectivity index is 1.65. The number of nitrogens with one attached hydrogen (secondary N) is 1. The second-order valence-corrected chi connectivity index (χ2v) is 5.12. The fourth-order valence-electron chi connectivity index (χ4n) is 1.77. The van der Waals surface area contributed by atoms with Crippen molar-refractivity contribution in [3.8, 4) is 0 Å². The number of thiazole rings is 1. The Morgan fingerprint density at radius 3 is 3.06 bits per heavy atom.